The first-order valence-corrected chi connectivity index (χ1v) is 8.89. The summed E-state index contributed by atoms with van der Waals surface area (Å²) in [6.07, 6.45) is 0.931. The molecule has 0 radical (unpaired) electrons. The van der Waals surface area contributed by atoms with Gasteiger partial charge in [-0.1, -0.05) is 13.8 Å². The number of nitrogens with one attached hydrogen (secondary N) is 1. The van der Waals surface area contributed by atoms with Crippen molar-refractivity contribution in [2.24, 2.45) is 5.41 Å². The zero-order valence-electron chi connectivity index (χ0n) is 14.1. The van der Waals surface area contributed by atoms with Crippen LogP contribution in [0.25, 0.3) is 11.3 Å². The van der Waals surface area contributed by atoms with Crippen LogP contribution in [0.2, 0.25) is 0 Å². The third kappa shape index (κ3) is 3.64. The average molecular weight is 346 g/mol. The van der Waals surface area contributed by atoms with Gasteiger partial charge in [0.1, 0.15) is 0 Å². The van der Waals surface area contributed by atoms with Crippen LogP contribution in [0.15, 0.2) is 29.0 Å². The van der Waals surface area contributed by atoms with E-state index in [4.69, 9.17) is 0 Å². The van der Waals surface area contributed by atoms with Crippen LogP contribution in [0.5, 0.6) is 0 Å². The van der Waals surface area contributed by atoms with Gasteiger partial charge < -0.3 is 10.4 Å². The summed E-state index contributed by atoms with van der Waals surface area (Å²) in [5, 5.41) is 16.2. The van der Waals surface area contributed by atoms with Crippen molar-refractivity contribution in [2.45, 2.75) is 33.6 Å². The Kier molecular flexibility index (Phi) is 5.72. The van der Waals surface area contributed by atoms with Crippen LogP contribution in [0.1, 0.15) is 42.7 Å². The lowest BCUT2D eigenvalue weighted by atomic mass is 9.82. The molecule has 0 aromatic carbocycles. The van der Waals surface area contributed by atoms with Crippen molar-refractivity contribution < 1.29 is 14.7 Å². The van der Waals surface area contributed by atoms with Gasteiger partial charge in [0.25, 0.3) is 5.91 Å². The number of pyridine rings is 1. The molecule has 2 aromatic heterocycles. The lowest BCUT2D eigenvalue weighted by Crippen LogP contribution is -2.42. The minimum Gasteiger partial charge on any atom is -0.481 e. The van der Waals surface area contributed by atoms with E-state index in [9.17, 15) is 14.7 Å². The van der Waals surface area contributed by atoms with Gasteiger partial charge in [0.2, 0.25) is 0 Å². The van der Waals surface area contributed by atoms with Gasteiger partial charge in [-0.05, 0) is 43.3 Å². The fraction of sp³-hybridized carbons (Fsp3) is 0.389. The largest absolute Gasteiger partial charge is 0.481 e. The first kappa shape index (κ1) is 18.1. The molecule has 5 nitrogen and oxygen atoms in total. The number of carboxylic acids is 1. The van der Waals surface area contributed by atoms with E-state index in [1.807, 2.05) is 36.7 Å². The van der Waals surface area contributed by atoms with Gasteiger partial charge in [0.05, 0.1) is 22.4 Å². The zero-order chi connectivity index (χ0) is 17.7. The molecule has 2 aromatic rings. The molecular weight excluding hydrogens is 324 g/mol. The summed E-state index contributed by atoms with van der Waals surface area (Å²) in [5.41, 5.74) is 2.03. The smallest absolute Gasteiger partial charge is 0.311 e. The lowest BCUT2D eigenvalue weighted by Gasteiger charge is -2.26. The molecule has 2 rings (SSSR count). The molecule has 0 aliphatic heterocycles. The number of hydrogen-bond donors (Lipinski definition) is 2. The third-order valence-corrected chi connectivity index (χ3v) is 5.23. The van der Waals surface area contributed by atoms with Crippen molar-refractivity contribution in [3.63, 3.8) is 0 Å². The standard InChI is InChI=1S/C18H22N2O3S/c1-4-18(5-2,17(22)23)11-19-16(21)14-6-7-15(20-12(14)3)13-8-9-24-10-13/h6-10H,4-5,11H2,1-3H3,(H,19,21)(H,22,23). The van der Waals surface area contributed by atoms with Crippen LogP contribution >= 0.6 is 11.3 Å². The Morgan fingerprint density at radius 2 is 1.96 bits per heavy atom. The number of carbonyl (C=O) groups excluding carboxylic acids is 1. The maximum Gasteiger partial charge on any atom is 0.311 e. The molecule has 6 heteroatoms. The molecule has 2 N–H and O–H groups in total. The zero-order valence-corrected chi connectivity index (χ0v) is 14.9. The summed E-state index contributed by atoms with van der Waals surface area (Å²) in [5.74, 6) is -1.17. The molecule has 0 aliphatic carbocycles. The van der Waals surface area contributed by atoms with Gasteiger partial charge in [-0.2, -0.15) is 11.3 Å². The van der Waals surface area contributed by atoms with Crippen molar-refractivity contribution in [2.75, 3.05) is 6.54 Å². The van der Waals surface area contributed by atoms with E-state index >= 15 is 0 Å². The Hall–Kier alpha value is -2.21. The minimum absolute atomic E-state index is 0.111. The average Bonchev–Trinajstić information content (AvgIpc) is 3.10. The number of aryl methyl sites for hydroxylation is 1. The van der Waals surface area contributed by atoms with Crippen LogP contribution in [-0.4, -0.2) is 28.5 Å². The number of aliphatic carboxylic acids is 1. The summed E-state index contributed by atoms with van der Waals surface area (Å²) in [4.78, 5) is 28.4. The molecule has 0 saturated carbocycles. The molecule has 1 amide bonds. The Morgan fingerprint density at radius 1 is 1.25 bits per heavy atom. The summed E-state index contributed by atoms with van der Waals surface area (Å²) in [6.45, 7) is 5.55. The molecule has 0 fully saturated rings. The van der Waals surface area contributed by atoms with Crippen LogP contribution in [-0.2, 0) is 4.79 Å². The monoisotopic (exact) mass is 346 g/mol. The summed E-state index contributed by atoms with van der Waals surface area (Å²) in [7, 11) is 0. The van der Waals surface area contributed by atoms with E-state index in [1.54, 1.807) is 24.3 Å². The van der Waals surface area contributed by atoms with Crippen molar-refractivity contribution in [1.29, 1.82) is 0 Å². The molecule has 0 aliphatic rings. The van der Waals surface area contributed by atoms with E-state index in [1.165, 1.54) is 0 Å². The third-order valence-electron chi connectivity index (χ3n) is 4.54. The fourth-order valence-electron chi connectivity index (χ4n) is 2.59. The van der Waals surface area contributed by atoms with Gasteiger partial charge >= 0.3 is 5.97 Å². The van der Waals surface area contributed by atoms with E-state index in [2.05, 4.69) is 10.3 Å². The normalized spacial score (nSPS) is 11.3. The van der Waals surface area contributed by atoms with Crippen molar-refractivity contribution in [3.8, 4) is 11.3 Å². The molecule has 24 heavy (non-hydrogen) atoms. The maximum atomic E-state index is 12.4. The van der Waals surface area contributed by atoms with Gasteiger partial charge in [-0.15, -0.1) is 0 Å². The molecule has 0 bridgehead atoms. The van der Waals surface area contributed by atoms with Crippen LogP contribution in [0.4, 0.5) is 0 Å². The highest BCUT2D eigenvalue weighted by atomic mass is 32.1. The summed E-state index contributed by atoms with van der Waals surface area (Å²) < 4.78 is 0. The predicted molar refractivity (Wildman–Crippen MR) is 95.3 cm³/mol. The minimum atomic E-state index is -0.923. The highest BCUT2D eigenvalue weighted by Gasteiger charge is 2.35. The Morgan fingerprint density at radius 3 is 2.46 bits per heavy atom. The molecule has 0 spiro atoms. The molecular formula is C18H22N2O3S. The predicted octanol–water partition coefficient (Wildman–Crippen LogP) is 3.74. The van der Waals surface area contributed by atoms with Crippen molar-refractivity contribution in [3.05, 3.63) is 40.2 Å². The molecule has 0 atom stereocenters. The Bertz CT molecular complexity index is 722. The van der Waals surface area contributed by atoms with Gasteiger partial charge in [0, 0.05) is 17.5 Å². The second kappa shape index (κ2) is 7.57. The van der Waals surface area contributed by atoms with E-state index in [0.29, 0.717) is 24.1 Å². The first-order valence-electron chi connectivity index (χ1n) is 7.95. The Labute approximate surface area is 145 Å². The maximum absolute atomic E-state index is 12.4. The number of hydrogen-bond acceptors (Lipinski definition) is 4. The number of rotatable bonds is 7. The van der Waals surface area contributed by atoms with E-state index in [-0.39, 0.29) is 12.5 Å². The SMILES string of the molecule is CCC(CC)(CNC(=O)c1ccc(-c2ccsc2)nc1C)C(=O)O. The summed E-state index contributed by atoms with van der Waals surface area (Å²) in [6, 6.07) is 5.54. The second-order valence-corrected chi connectivity index (χ2v) is 6.60. The van der Waals surface area contributed by atoms with Gasteiger partial charge in [-0.25, -0.2) is 0 Å². The molecule has 0 unspecified atom stereocenters. The number of nitrogens with zero attached hydrogens (tertiary/aromatic N) is 1. The van der Waals surface area contributed by atoms with Crippen molar-refractivity contribution in [1.82, 2.24) is 10.3 Å². The second-order valence-electron chi connectivity index (χ2n) is 5.82. The number of carboxylic acid groups (broad SMARTS) is 1. The summed E-state index contributed by atoms with van der Waals surface area (Å²) >= 11 is 1.59. The van der Waals surface area contributed by atoms with E-state index < -0.39 is 11.4 Å². The number of thiophene rings is 1. The van der Waals surface area contributed by atoms with Crippen molar-refractivity contribution >= 4 is 23.2 Å². The van der Waals surface area contributed by atoms with Crippen LogP contribution < -0.4 is 5.32 Å². The molecule has 2 heterocycles. The van der Waals surface area contributed by atoms with E-state index in [0.717, 1.165) is 11.3 Å². The van der Waals surface area contributed by atoms with Gasteiger partial charge in [0.15, 0.2) is 0 Å². The quantitative estimate of drug-likeness (QED) is 0.800. The fourth-order valence-corrected chi connectivity index (χ4v) is 3.24. The van der Waals surface area contributed by atoms with Gasteiger partial charge in [-0.3, -0.25) is 14.6 Å². The topological polar surface area (TPSA) is 79.3 Å². The highest BCUT2D eigenvalue weighted by molar-refractivity contribution is 7.08. The lowest BCUT2D eigenvalue weighted by molar-refractivity contribution is -0.149. The first-order chi connectivity index (χ1) is 11.4. The molecule has 128 valence electrons. The number of aromatic nitrogens is 1. The number of carbonyl (C=O) groups is 2. The van der Waals surface area contributed by atoms with Crippen LogP contribution in [0.3, 0.4) is 0 Å². The highest BCUT2D eigenvalue weighted by Crippen LogP contribution is 2.26. The van der Waals surface area contributed by atoms with Crippen LogP contribution in [0, 0.1) is 12.3 Å². The number of amides is 1. The Balaban J connectivity index is 2.14. The molecule has 0 saturated heterocycles.